The van der Waals surface area contributed by atoms with E-state index in [1.807, 2.05) is 12.1 Å². The van der Waals surface area contributed by atoms with Gasteiger partial charge in [-0.2, -0.15) is 5.26 Å². The van der Waals surface area contributed by atoms with E-state index in [-0.39, 0.29) is 6.04 Å². The zero-order chi connectivity index (χ0) is 11.4. The van der Waals surface area contributed by atoms with Crippen LogP contribution in [0.2, 0.25) is 0 Å². The van der Waals surface area contributed by atoms with Crippen LogP contribution in [-0.2, 0) is 0 Å². The molecule has 4 heteroatoms. The lowest BCUT2D eigenvalue weighted by Gasteiger charge is -2.35. The van der Waals surface area contributed by atoms with Gasteiger partial charge in [-0.05, 0) is 18.7 Å². The fourth-order valence-electron chi connectivity index (χ4n) is 2.11. The first-order valence-electron chi connectivity index (χ1n) is 5.74. The molecule has 0 spiro atoms. The van der Waals surface area contributed by atoms with E-state index in [4.69, 9.17) is 4.42 Å². The van der Waals surface area contributed by atoms with Crippen molar-refractivity contribution in [1.29, 1.82) is 5.26 Å². The Balaban J connectivity index is 2.00. The number of hydrogen-bond donors (Lipinski definition) is 0. The summed E-state index contributed by atoms with van der Waals surface area (Å²) < 4.78 is 5.32. The second-order valence-electron chi connectivity index (χ2n) is 4.02. The molecule has 4 nitrogen and oxygen atoms in total. The molecule has 2 rings (SSSR count). The molecule has 0 N–H and O–H groups in total. The van der Waals surface area contributed by atoms with E-state index in [1.165, 1.54) is 0 Å². The molecule has 1 unspecified atom stereocenters. The lowest BCUT2D eigenvalue weighted by atomic mass is 10.2. The minimum atomic E-state index is -0.228. The van der Waals surface area contributed by atoms with Gasteiger partial charge < -0.3 is 9.32 Å². The van der Waals surface area contributed by atoms with Crippen LogP contribution in [-0.4, -0.2) is 42.5 Å². The molecule has 0 amide bonds. The molecule has 2 heterocycles. The Hall–Kier alpha value is -1.31. The van der Waals surface area contributed by atoms with E-state index in [9.17, 15) is 5.26 Å². The number of likely N-dealkylation sites (N-methyl/N-ethyl adjacent to an activating group) is 1. The maximum absolute atomic E-state index is 9.21. The summed E-state index contributed by atoms with van der Waals surface area (Å²) in [5.74, 6) is 0.757. The van der Waals surface area contributed by atoms with Crippen LogP contribution >= 0.6 is 0 Å². The molecule has 86 valence electrons. The zero-order valence-electron chi connectivity index (χ0n) is 9.59. The van der Waals surface area contributed by atoms with Gasteiger partial charge >= 0.3 is 0 Å². The van der Waals surface area contributed by atoms with Gasteiger partial charge in [0.2, 0.25) is 0 Å². The summed E-state index contributed by atoms with van der Waals surface area (Å²) in [5, 5.41) is 9.21. The maximum atomic E-state index is 9.21. The third kappa shape index (κ3) is 2.26. The summed E-state index contributed by atoms with van der Waals surface area (Å²) in [5.41, 5.74) is 0. The molecule has 0 aliphatic carbocycles. The molecule has 1 aromatic heterocycles. The van der Waals surface area contributed by atoms with Crippen molar-refractivity contribution >= 4 is 0 Å². The van der Waals surface area contributed by atoms with Gasteiger partial charge in [0, 0.05) is 26.2 Å². The molecular formula is C12H17N3O. The summed E-state index contributed by atoms with van der Waals surface area (Å²) in [7, 11) is 0. The summed E-state index contributed by atoms with van der Waals surface area (Å²) >= 11 is 0. The van der Waals surface area contributed by atoms with Crippen LogP contribution in [0.4, 0.5) is 0 Å². The number of hydrogen-bond acceptors (Lipinski definition) is 4. The van der Waals surface area contributed by atoms with Gasteiger partial charge in [0.1, 0.15) is 5.76 Å². The molecule has 0 radical (unpaired) electrons. The number of piperazine rings is 1. The molecule has 0 aromatic carbocycles. The van der Waals surface area contributed by atoms with Crippen LogP contribution in [0.5, 0.6) is 0 Å². The first-order chi connectivity index (χ1) is 7.85. The standard InChI is InChI=1S/C12H17N3O/c1-2-14-5-7-15(8-6-14)11(10-13)12-4-3-9-16-12/h3-4,9,11H,2,5-8H2,1H3. The minimum Gasteiger partial charge on any atom is -0.467 e. The SMILES string of the molecule is CCN1CCN(C(C#N)c2ccco2)CC1. The lowest BCUT2D eigenvalue weighted by molar-refractivity contribution is 0.110. The fourth-order valence-corrected chi connectivity index (χ4v) is 2.11. The molecular weight excluding hydrogens is 202 g/mol. The van der Waals surface area contributed by atoms with Gasteiger partial charge in [-0.25, -0.2) is 0 Å². The molecule has 1 aliphatic heterocycles. The van der Waals surface area contributed by atoms with Gasteiger partial charge in [0.25, 0.3) is 0 Å². The van der Waals surface area contributed by atoms with Gasteiger partial charge in [0.15, 0.2) is 6.04 Å². The van der Waals surface area contributed by atoms with Crippen LogP contribution in [0.1, 0.15) is 18.7 Å². The normalized spacial score (nSPS) is 20.5. The highest BCUT2D eigenvalue weighted by Crippen LogP contribution is 2.21. The Morgan fingerprint density at radius 1 is 1.44 bits per heavy atom. The monoisotopic (exact) mass is 219 g/mol. The number of furan rings is 1. The first-order valence-corrected chi connectivity index (χ1v) is 5.74. The van der Waals surface area contributed by atoms with Gasteiger partial charge in [0.05, 0.1) is 12.3 Å². The number of nitriles is 1. The fraction of sp³-hybridized carbons (Fsp3) is 0.583. The van der Waals surface area contributed by atoms with Crippen molar-refractivity contribution in [3.63, 3.8) is 0 Å². The Morgan fingerprint density at radius 3 is 2.69 bits per heavy atom. The number of rotatable bonds is 3. The van der Waals surface area contributed by atoms with E-state index >= 15 is 0 Å². The van der Waals surface area contributed by atoms with E-state index in [0.29, 0.717) is 0 Å². The highest BCUT2D eigenvalue weighted by atomic mass is 16.3. The third-order valence-electron chi connectivity index (χ3n) is 3.15. The van der Waals surface area contributed by atoms with E-state index in [1.54, 1.807) is 6.26 Å². The quantitative estimate of drug-likeness (QED) is 0.772. The van der Waals surface area contributed by atoms with Crippen molar-refractivity contribution in [2.24, 2.45) is 0 Å². The first kappa shape index (κ1) is 11.2. The largest absolute Gasteiger partial charge is 0.467 e. The van der Waals surface area contributed by atoms with Crippen molar-refractivity contribution in [3.05, 3.63) is 24.2 Å². The molecule has 16 heavy (non-hydrogen) atoms. The predicted molar refractivity (Wildman–Crippen MR) is 60.7 cm³/mol. The number of nitrogens with zero attached hydrogens (tertiary/aromatic N) is 3. The highest BCUT2D eigenvalue weighted by Gasteiger charge is 2.25. The molecule has 1 fully saturated rings. The summed E-state index contributed by atoms with van der Waals surface area (Å²) in [6.07, 6.45) is 1.63. The molecule has 1 saturated heterocycles. The van der Waals surface area contributed by atoms with Crippen molar-refractivity contribution < 1.29 is 4.42 Å². The average molecular weight is 219 g/mol. The highest BCUT2D eigenvalue weighted by molar-refractivity contribution is 5.13. The molecule has 0 saturated carbocycles. The summed E-state index contributed by atoms with van der Waals surface area (Å²) in [6.45, 7) is 7.21. The van der Waals surface area contributed by atoms with Crippen LogP contribution < -0.4 is 0 Å². The van der Waals surface area contributed by atoms with Gasteiger partial charge in [-0.1, -0.05) is 6.92 Å². The summed E-state index contributed by atoms with van der Waals surface area (Å²) in [6, 6.07) is 5.80. The summed E-state index contributed by atoms with van der Waals surface area (Å²) in [4.78, 5) is 4.58. The minimum absolute atomic E-state index is 0.228. The molecule has 1 aromatic rings. The Kier molecular flexibility index (Phi) is 3.60. The second-order valence-corrected chi connectivity index (χ2v) is 4.02. The van der Waals surface area contributed by atoms with Crippen LogP contribution in [0, 0.1) is 11.3 Å². The Labute approximate surface area is 96.1 Å². The second kappa shape index (κ2) is 5.15. The smallest absolute Gasteiger partial charge is 0.156 e. The van der Waals surface area contributed by atoms with Crippen molar-refractivity contribution in [1.82, 2.24) is 9.80 Å². The van der Waals surface area contributed by atoms with Crippen LogP contribution in [0.15, 0.2) is 22.8 Å². The van der Waals surface area contributed by atoms with Crippen molar-refractivity contribution in [2.75, 3.05) is 32.7 Å². The van der Waals surface area contributed by atoms with E-state index in [0.717, 1.165) is 38.5 Å². The lowest BCUT2D eigenvalue weighted by Crippen LogP contribution is -2.47. The van der Waals surface area contributed by atoms with E-state index < -0.39 is 0 Å². The van der Waals surface area contributed by atoms with Crippen LogP contribution in [0.3, 0.4) is 0 Å². The topological polar surface area (TPSA) is 43.4 Å². The maximum Gasteiger partial charge on any atom is 0.156 e. The van der Waals surface area contributed by atoms with Crippen LogP contribution in [0.25, 0.3) is 0 Å². The Bertz CT molecular complexity index is 347. The van der Waals surface area contributed by atoms with E-state index in [2.05, 4.69) is 22.8 Å². The molecule has 0 bridgehead atoms. The van der Waals surface area contributed by atoms with Crippen molar-refractivity contribution in [2.45, 2.75) is 13.0 Å². The predicted octanol–water partition coefficient (Wildman–Crippen LogP) is 1.48. The third-order valence-corrected chi connectivity index (χ3v) is 3.15. The molecule has 1 atom stereocenters. The molecule has 1 aliphatic rings. The zero-order valence-corrected chi connectivity index (χ0v) is 9.59. The van der Waals surface area contributed by atoms with Gasteiger partial charge in [-0.15, -0.1) is 0 Å². The average Bonchev–Trinajstić information content (AvgIpc) is 2.85. The van der Waals surface area contributed by atoms with Crippen molar-refractivity contribution in [3.8, 4) is 6.07 Å². The Morgan fingerprint density at radius 2 is 2.19 bits per heavy atom. The van der Waals surface area contributed by atoms with Gasteiger partial charge in [-0.3, -0.25) is 4.90 Å².